The summed E-state index contributed by atoms with van der Waals surface area (Å²) in [5, 5.41) is 9.05. The first-order valence-corrected chi connectivity index (χ1v) is 3.27. The van der Waals surface area contributed by atoms with E-state index in [1.54, 1.807) is 31.4 Å². The minimum absolute atomic E-state index is 0.201. The maximum absolute atomic E-state index is 9.05. The van der Waals surface area contributed by atoms with Gasteiger partial charge in [-0.05, 0) is 12.1 Å². The molecule has 0 aromatic heterocycles. The monoisotopic (exact) mass is 150 g/mol. The Morgan fingerprint density at radius 2 is 2.27 bits per heavy atom. The fourth-order valence-electron chi connectivity index (χ4n) is 0.868. The normalized spacial score (nSPS) is 9.18. The summed E-state index contributed by atoms with van der Waals surface area (Å²) in [6, 6.07) is 4.90. The van der Waals surface area contributed by atoms with E-state index in [2.05, 4.69) is 6.58 Å². The second kappa shape index (κ2) is 3.10. The molecule has 0 fully saturated rings. The summed E-state index contributed by atoms with van der Waals surface area (Å²) in [6.45, 7) is 3.61. The average Bonchev–Trinajstić information content (AvgIpc) is 2.04. The highest BCUT2D eigenvalue weighted by atomic mass is 16.5. The van der Waals surface area contributed by atoms with Crippen molar-refractivity contribution >= 4 is 6.08 Å². The van der Waals surface area contributed by atoms with Crippen LogP contribution in [0.5, 0.6) is 11.5 Å². The van der Waals surface area contributed by atoms with Gasteiger partial charge in [-0.15, -0.1) is 0 Å². The Hall–Kier alpha value is -1.44. The number of aromatic hydroxyl groups is 1. The lowest BCUT2D eigenvalue weighted by Gasteiger charge is -2.03. The van der Waals surface area contributed by atoms with E-state index in [1.807, 2.05) is 0 Å². The lowest BCUT2D eigenvalue weighted by atomic mass is 10.2. The molecule has 1 aromatic carbocycles. The molecule has 0 heterocycles. The SMILES string of the molecule is C=Cc1ccc(O)cc1OC. The smallest absolute Gasteiger partial charge is 0.129 e. The van der Waals surface area contributed by atoms with Crippen LogP contribution in [0.15, 0.2) is 24.8 Å². The van der Waals surface area contributed by atoms with Gasteiger partial charge in [0.25, 0.3) is 0 Å². The molecule has 1 aromatic rings. The molecule has 2 heteroatoms. The summed E-state index contributed by atoms with van der Waals surface area (Å²) in [7, 11) is 1.56. The topological polar surface area (TPSA) is 29.5 Å². The van der Waals surface area contributed by atoms with Crippen LogP contribution in [0, 0.1) is 0 Å². The van der Waals surface area contributed by atoms with E-state index >= 15 is 0 Å². The molecule has 0 radical (unpaired) electrons. The van der Waals surface area contributed by atoms with Crippen molar-refractivity contribution in [3.05, 3.63) is 30.3 Å². The molecule has 0 aliphatic carbocycles. The van der Waals surface area contributed by atoms with Gasteiger partial charge in [-0.1, -0.05) is 12.7 Å². The van der Waals surface area contributed by atoms with Crippen LogP contribution in [0.25, 0.3) is 6.08 Å². The second-order valence-electron chi connectivity index (χ2n) is 2.13. The summed E-state index contributed by atoms with van der Waals surface area (Å²) < 4.78 is 4.99. The molecule has 0 saturated carbocycles. The molecule has 58 valence electrons. The molecule has 0 spiro atoms. The first-order valence-electron chi connectivity index (χ1n) is 3.27. The summed E-state index contributed by atoms with van der Waals surface area (Å²) in [6.07, 6.45) is 1.68. The van der Waals surface area contributed by atoms with Crippen LogP contribution in [0.1, 0.15) is 5.56 Å². The largest absolute Gasteiger partial charge is 0.508 e. The number of hydrogen-bond acceptors (Lipinski definition) is 2. The maximum Gasteiger partial charge on any atom is 0.129 e. The van der Waals surface area contributed by atoms with Gasteiger partial charge in [-0.3, -0.25) is 0 Å². The van der Waals surface area contributed by atoms with Crippen molar-refractivity contribution in [1.82, 2.24) is 0 Å². The van der Waals surface area contributed by atoms with E-state index in [4.69, 9.17) is 9.84 Å². The molecule has 11 heavy (non-hydrogen) atoms. The van der Waals surface area contributed by atoms with E-state index in [1.165, 1.54) is 0 Å². The van der Waals surface area contributed by atoms with Crippen molar-refractivity contribution in [3.8, 4) is 11.5 Å². The molecule has 2 nitrogen and oxygen atoms in total. The second-order valence-corrected chi connectivity index (χ2v) is 2.13. The van der Waals surface area contributed by atoms with Gasteiger partial charge in [0, 0.05) is 11.6 Å². The number of ether oxygens (including phenoxy) is 1. The Balaban J connectivity index is 3.16. The number of hydrogen-bond donors (Lipinski definition) is 1. The molecule has 0 amide bonds. The van der Waals surface area contributed by atoms with Crippen LogP contribution < -0.4 is 4.74 Å². The van der Waals surface area contributed by atoms with Crippen LogP contribution in [-0.2, 0) is 0 Å². The highest BCUT2D eigenvalue weighted by molar-refractivity contribution is 5.57. The predicted octanol–water partition coefficient (Wildman–Crippen LogP) is 2.04. The minimum Gasteiger partial charge on any atom is -0.508 e. The molecule has 0 atom stereocenters. The lowest BCUT2D eigenvalue weighted by Crippen LogP contribution is -1.85. The van der Waals surface area contributed by atoms with Crippen LogP contribution >= 0.6 is 0 Å². The van der Waals surface area contributed by atoms with E-state index < -0.39 is 0 Å². The van der Waals surface area contributed by atoms with Gasteiger partial charge in [-0.25, -0.2) is 0 Å². The predicted molar refractivity (Wildman–Crippen MR) is 44.7 cm³/mol. The quantitative estimate of drug-likeness (QED) is 0.699. The number of methoxy groups -OCH3 is 1. The van der Waals surface area contributed by atoms with Crippen LogP contribution in [-0.4, -0.2) is 12.2 Å². The van der Waals surface area contributed by atoms with Gasteiger partial charge in [-0.2, -0.15) is 0 Å². The first kappa shape index (κ1) is 7.66. The van der Waals surface area contributed by atoms with Gasteiger partial charge in [0.1, 0.15) is 11.5 Å². The molecule has 1 rings (SSSR count). The van der Waals surface area contributed by atoms with Gasteiger partial charge in [0.05, 0.1) is 7.11 Å². The molecule has 0 bridgehead atoms. The fourth-order valence-corrected chi connectivity index (χ4v) is 0.868. The number of phenolic OH excluding ortho intramolecular Hbond substituents is 1. The summed E-state index contributed by atoms with van der Waals surface area (Å²) >= 11 is 0. The fraction of sp³-hybridized carbons (Fsp3) is 0.111. The zero-order chi connectivity index (χ0) is 8.27. The summed E-state index contributed by atoms with van der Waals surface area (Å²) in [5.74, 6) is 0.840. The third-order valence-corrected chi connectivity index (χ3v) is 1.44. The van der Waals surface area contributed by atoms with Crippen LogP contribution in [0.3, 0.4) is 0 Å². The number of rotatable bonds is 2. The van der Waals surface area contributed by atoms with Gasteiger partial charge in [0.15, 0.2) is 0 Å². The van der Waals surface area contributed by atoms with Crippen molar-refractivity contribution in [2.45, 2.75) is 0 Å². The van der Waals surface area contributed by atoms with Crippen molar-refractivity contribution in [2.75, 3.05) is 7.11 Å². The summed E-state index contributed by atoms with van der Waals surface area (Å²) in [5.41, 5.74) is 0.880. The average molecular weight is 150 g/mol. The Morgan fingerprint density at radius 3 is 2.82 bits per heavy atom. The standard InChI is InChI=1S/C9H10O2/c1-3-7-4-5-8(10)6-9(7)11-2/h3-6,10H,1H2,2H3. The van der Waals surface area contributed by atoms with Crippen LogP contribution in [0.4, 0.5) is 0 Å². The molecule has 0 saturated heterocycles. The molecular formula is C9H10O2. The molecule has 0 aliphatic heterocycles. The molecule has 0 unspecified atom stereocenters. The minimum atomic E-state index is 0.201. The third-order valence-electron chi connectivity index (χ3n) is 1.44. The molecule has 0 aliphatic rings. The van der Waals surface area contributed by atoms with Gasteiger partial charge >= 0.3 is 0 Å². The first-order chi connectivity index (χ1) is 5.27. The zero-order valence-corrected chi connectivity index (χ0v) is 6.37. The van der Waals surface area contributed by atoms with E-state index in [0.717, 1.165) is 5.56 Å². The summed E-state index contributed by atoms with van der Waals surface area (Å²) in [4.78, 5) is 0. The molecule has 1 N–H and O–H groups in total. The Morgan fingerprint density at radius 1 is 1.55 bits per heavy atom. The maximum atomic E-state index is 9.05. The Labute approximate surface area is 65.7 Å². The van der Waals surface area contributed by atoms with Crippen molar-refractivity contribution < 1.29 is 9.84 Å². The lowest BCUT2D eigenvalue weighted by molar-refractivity contribution is 0.407. The highest BCUT2D eigenvalue weighted by Gasteiger charge is 1.98. The molecular weight excluding hydrogens is 140 g/mol. The van der Waals surface area contributed by atoms with Crippen LogP contribution in [0.2, 0.25) is 0 Å². The van der Waals surface area contributed by atoms with Gasteiger partial charge < -0.3 is 9.84 Å². The van der Waals surface area contributed by atoms with Crippen molar-refractivity contribution in [2.24, 2.45) is 0 Å². The van der Waals surface area contributed by atoms with E-state index in [-0.39, 0.29) is 5.75 Å². The van der Waals surface area contributed by atoms with Crippen molar-refractivity contribution in [3.63, 3.8) is 0 Å². The third kappa shape index (κ3) is 1.52. The number of benzene rings is 1. The number of phenols is 1. The van der Waals surface area contributed by atoms with Gasteiger partial charge in [0.2, 0.25) is 0 Å². The highest BCUT2D eigenvalue weighted by Crippen LogP contribution is 2.23. The Bertz CT molecular complexity index is 266. The van der Waals surface area contributed by atoms with E-state index in [9.17, 15) is 0 Å². The van der Waals surface area contributed by atoms with E-state index in [0.29, 0.717) is 5.75 Å². The Kier molecular flexibility index (Phi) is 2.16. The van der Waals surface area contributed by atoms with Crippen molar-refractivity contribution in [1.29, 1.82) is 0 Å². The zero-order valence-electron chi connectivity index (χ0n) is 6.37.